The van der Waals surface area contributed by atoms with E-state index in [1.807, 2.05) is 0 Å². The monoisotopic (exact) mass is 394 g/mol. The van der Waals surface area contributed by atoms with Crippen LogP contribution in [0, 0.1) is 5.92 Å². The van der Waals surface area contributed by atoms with Gasteiger partial charge in [-0.15, -0.1) is 11.3 Å². The summed E-state index contributed by atoms with van der Waals surface area (Å²) in [6.45, 7) is 2.55. The van der Waals surface area contributed by atoms with E-state index in [9.17, 15) is 8.42 Å². The van der Waals surface area contributed by atoms with E-state index in [0.717, 1.165) is 24.4 Å². The second-order valence-electron chi connectivity index (χ2n) is 5.59. The lowest BCUT2D eigenvalue weighted by molar-refractivity contribution is 0.186. The first-order chi connectivity index (χ1) is 10.0. The van der Waals surface area contributed by atoms with Gasteiger partial charge in [0.2, 0.25) is 10.0 Å². The molecule has 1 unspecified atom stereocenters. The highest BCUT2D eigenvalue weighted by molar-refractivity contribution is 9.11. The maximum atomic E-state index is 12.4. The average molecular weight is 395 g/mol. The molecule has 2 aliphatic rings. The predicted molar refractivity (Wildman–Crippen MR) is 86.0 cm³/mol. The Morgan fingerprint density at radius 2 is 2.19 bits per heavy atom. The summed E-state index contributed by atoms with van der Waals surface area (Å²) in [6.07, 6.45) is 3.37. The summed E-state index contributed by atoms with van der Waals surface area (Å²) in [5.41, 5.74) is 0. The highest BCUT2D eigenvalue weighted by Gasteiger charge is 2.25. The molecule has 1 aromatic heterocycles. The summed E-state index contributed by atoms with van der Waals surface area (Å²) in [7, 11) is -3.45. The van der Waals surface area contributed by atoms with Gasteiger partial charge >= 0.3 is 0 Å². The molecule has 1 aliphatic carbocycles. The molecule has 1 aromatic rings. The molecule has 8 heteroatoms. The van der Waals surface area contributed by atoms with Gasteiger partial charge in [0.05, 0.1) is 10.4 Å². The molecule has 0 spiro atoms. The van der Waals surface area contributed by atoms with E-state index in [2.05, 4.69) is 26.0 Å². The van der Waals surface area contributed by atoms with Crippen molar-refractivity contribution in [1.82, 2.24) is 10.0 Å². The van der Waals surface area contributed by atoms with Crippen molar-refractivity contribution in [1.29, 1.82) is 0 Å². The summed E-state index contributed by atoms with van der Waals surface area (Å²) < 4.78 is 33.4. The highest BCUT2D eigenvalue weighted by Crippen LogP contribution is 2.32. The first-order valence-corrected chi connectivity index (χ1v) is 10.2. The van der Waals surface area contributed by atoms with Crippen molar-refractivity contribution >= 4 is 37.3 Å². The number of sulfonamides is 1. The Morgan fingerprint density at radius 3 is 2.86 bits per heavy atom. The molecule has 5 nitrogen and oxygen atoms in total. The largest absolute Gasteiger partial charge is 0.381 e. The Kier molecular flexibility index (Phi) is 5.02. The van der Waals surface area contributed by atoms with E-state index in [-0.39, 0.29) is 5.92 Å². The van der Waals surface area contributed by atoms with Crippen LogP contribution in [0.15, 0.2) is 14.7 Å². The Bertz CT molecular complexity index is 593. The molecule has 1 saturated carbocycles. The van der Waals surface area contributed by atoms with E-state index in [4.69, 9.17) is 4.74 Å². The quantitative estimate of drug-likeness (QED) is 0.742. The van der Waals surface area contributed by atoms with Crippen LogP contribution in [0.3, 0.4) is 0 Å². The fourth-order valence-electron chi connectivity index (χ4n) is 2.25. The van der Waals surface area contributed by atoms with Crippen molar-refractivity contribution in [2.75, 3.05) is 19.8 Å². The van der Waals surface area contributed by atoms with E-state index in [0.29, 0.717) is 27.9 Å². The van der Waals surface area contributed by atoms with Crippen LogP contribution < -0.4 is 10.0 Å². The maximum absolute atomic E-state index is 12.4. The third kappa shape index (κ3) is 4.27. The van der Waals surface area contributed by atoms with Gasteiger partial charge in [-0.3, -0.25) is 0 Å². The van der Waals surface area contributed by atoms with Gasteiger partial charge < -0.3 is 10.1 Å². The first-order valence-electron chi connectivity index (χ1n) is 7.13. The lowest BCUT2D eigenvalue weighted by Crippen LogP contribution is -2.29. The minimum Gasteiger partial charge on any atom is -0.381 e. The zero-order valence-corrected chi connectivity index (χ0v) is 14.8. The van der Waals surface area contributed by atoms with Gasteiger partial charge in [-0.05, 0) is 47.2 Å². The summed E-state index contributed by atoms with van der Waals surface area (Å²) in [6, 6.07) is 2.38. The van der Waals surface area contributed by atoms with Crippen LogP contribution in [0.5, 0.6) is 0 Å². The van der Waals surface area contributed by atoms with Gasteiger partial charge in [0.15, 0.2) is 0 Å². The second-order valence-corrected chi connectivity index (χ2v) is 9.78. The van der Waals surface area contributed by atoms with E-state index in [1.54, 1.807) is 6.07 Å². The first kappa shape index (κ1) is 15.9. The van der Waals surface area contributed by atoms with Crippen molar-refractivity contribution < 1.29 is 13.2 Å². The topological polar surface area (TPSA) is 67.4 Å². The summed E-state index contributed by atoms with van der Waals surface area (Å²) in [5, 5.41) is 3.40. The van der Waals surface area contributed by atoms with Crippen LogP contribution in [-0.2, 0) is 21.3 Å². The van der Waals surface area contributed by atoms with Gasteiger partial charge in [0.1, 0.15) is 4.90 Å². The maximum Gasteiger partial charge on any atom is 0.242 e. The van der Waals surface area contributed by atoms with Crippen LogP contribution in [0.4, 0.5) is 0 Å². The smallest absolute Gasteiger partial charge is 0.242 e. The number of hydrogen-bond donors (Lipinski definition) is 2. The van der Waals surface area contributed by atoms with Crippen LogP contribution >= 0.6 is 27.3 Å². The summed E-state index contributed by atoms with van der Waals surface area (Å²) >= 11 is 4.86. The minimum atomic E-state index is -3.45. The van der Waals surface area contributed by atoms with Gasteiger partial charge in [0, 0.05) is 30.6 Å². The molecule has 21 heavy (non-hydrogen) atoms. The normalized spacial score (nSPS) is 22.8. The molecule has 1 saturated heterocycles. The molecule has 0 bridgehead atoms. The van der Waals surface area contributed by atoms with Crippen molar-refractivity contribution in [3.8, 4) is 0 Å². The number of thiophene rings is 1. The van der Waals surface area contributed by atoms with E-state index < -0.39 is 10.0 Å². The molecule has 3 rings (SSSR count). The van der Waals surface area contributed by atoms with Gasteiger partial charge in [-0.25, -0.2) is 13.1 Å². The Balaban J connectivity index is 1.62. The molecule has 1 atom stereocenters. The molecule has 0 radical (unpaired) electrons. The van der Waals surface area contributed by atoms with Crippen molar-refractivity contribution in [3.63, 3.8) is 0 Å². The third-order valence-electron chi connectivity index (χ3n) is 3.72. The molecule has 0 amide bonds. The number of rotatable bonds is 7. The van der Waals surface area contributed by atoms with E-state index in [1.165, 1.54) is 24.2 Å². The fraction of sp³-hybridized carbons (Fsp3) is 0.692. The van der Waals surface area contributed by atoms with Gasteiger partial charge in [-0.2, -0.15) is 0 Å². The zero-order chi connectivity index (χ0) is 14.9. The molecule has 118 valence electrons. The van der Waals surface area contributed by atoms with Gasteiger partial charge in [0.25, 0.3) is 0 Å². The SMILES string of the molecule is O=S(=O)(NCC1CCOC1)c1cc(CNC2CC2)sc1Br. The molecule has 0 aromatic carbocycles. The van der Waals surface area contributed by atoms with E-state index >= 15 is 0 Å². The zero-order valence-electron chi connectivity index (χ0n) is 11.6. The molecule has 2 N–H and O–H groups in total. The lowest BCUT2D eigenvalue weighted by atomic mass is 10.1. The summed E-state index contributed by atoms with van der Waals surface area (Å²) in [4.78, 5) is 1.39. The molecule has 1 aliphatic heterocycles. The molecular formula is C13H19BrN2O3S2. The Labute approximate surface area is 137 Å². The highest BCUT2D eigenvalue weighted by atomic mass is 79.9. The van der Waals surface area contributed by atoms with Crippen LogP contribution in [0.1, 0.15) is 24.1 Å². The van der Waals surface area contributed by atoms with Crippen molar-refractivity contribution in [2.45, 2.75) is 36.7 Å². The Morgan fingerprint density at radius 1 is 1.38 bits per heavy atom. The minimum absolute atomic E-state index is 0.285. The predicted octanol–water partition coefficient (Wildman–Crippen LogP) is 2.08. The fourth-order valence-corrected chi connectivity index (χ4v) is 6.00. The summed E-state index contributed by atoms with van der Waals surface area (Å²) in [5.74, 6) is 0.285. The van der Waals surface area contributed by atoms with Gasteiger partial charge in [-0.1, -0.05) is 0 Å². The van der Waals surface area contributed by atoms with Crippen molar-refractivity contribution in [2.24, 2.45) is 5.92 Å². The average Bonchev–Trinajstić information content (AvgIpc) is 2.97. The van der Waals surface area contributed by atoms with Crippen LogP contribution in [-0.4, -0.2) is 34.2 Å². The lowest BCUT2D eigenvalue weighted by Gasteiger charge is -2.09. The third-order valence-corrected chi connectivity index (χ3v) is 7.40. The molecule has 2 heterocycles. The van der Waals surface area contributed by atoms with Crippen LogP contribution in [0.2, 0.25) is 0 Å². The second kappa shape index (κ2) is 6.64. The Hall–Kier alpha value is 0.01000. The number of nitrogens with one attached hydrogen (secondary N) is 2. The number of halogens is 1. The molecule has 2 fully saturated rings. The number of hydrogen-bond acceptors (Lipinski definition) is 5. The number of ether oxygens (including phenoxy) is 1. The standard InChI is InChI=1S/C13H19BrN2O3S2/c14-13-12(5-11(20-13)7-15-10-1-2-10)21(17,18)16-6-9-3-4-19-8-9/h5,9-10,15-16H,1-4,6-8H2. The van der Waals surface area contributed by atoms with Crippen LogP contribution in [0.25, 0.3) is 0 Å². The van der Waals surface area contributed by atoms with Crippen molar-refractivity contribution in [3.05, 3.63) is 14.7 Å². The molecular weight excluding hydrogens is 376 g/mol.